The van der Waals surface area contributed by atoms with Gasteiger partial charge in [-0.25, -0.2) is 4.98 Å². The zero-order chi connectivity index (χ0) is 17.6. The van der Waals surface area contributed by atoms with E-state index in [4.69, 9.17) is 16.3 Å². The number of benzene rings is 2. The highest BCUT2D eigenvalue weighted by molar-refractivity contribution is 7.99. The number of aryl methyl sites for hydroxylation is 1. The largest absolute Gasteiger partial charge is 0.492 e. The van der Waals surface area contributed by atoms with Gasteiger partial charge in [-0.2, -0.15) is 0 Å². The number of hydrogen-bond acceptors (Lipinski definition) is 4. The fourth-order valence-electron chi connectivity index (χ4n) is 2.28. The first kappa shape index (κ1) is 17.6. The molecule has 2 aromatic carbocycles. The van der Waals surface area contributed by atoms with Gasteiger partial charge in [-0.15, -0.1) is 0 Å². The van der Waals surface area contributed by atoms with E-state index in [2.05, 4.69) is 15.3 Å². The molecule has 0 unspecified atom stereocenters. The van der Waals surface area contributed by atoms with Crippen LogP contribution in [-0.2, 0) is 4.79 Å². The standard InChI is InChI=1S/C18H18ClN3O2S/c1-12-3-2-4-14(9-12)24-8-7-20-17(23)11-25-18-21-15-6-5-13(19)10-16(15)22-18/h2-6,9-10H,7-8,11H2,1H3,(H,20,23)(H,21,22). The highest BCUT2D eigenvalue weighted by Crippen LogP contribution is 2.22. The maximum Gasteiger partial charge on any atom is 0.230 e. The Hall–Kier alpha value is -2.18. The Bertz CT molecular complexity index is 882. The molecule has 1 amide bonds. The maximum atomic E-state index is 11.9. The average Bonchev–Trinajstić information content (AvgIpc) is 2.99. The van der Waals surface area contributed by atoms with Gasteiger partial charge in [0.05, 0.1) is 23.3 Å². The molecule has 7 heteroatoms. The fourth-order valence-corrected chi connectivity index (χ4v) is 3.16. The number of halogens is 1. The number of ether oxygens (including phenoxy) is 1. The second-order valence-electron chi connectivity index (χ2n) is 5.51. The van der Waals surface area contributed by atoms with Gasteiger partial charge >= 0.3 is 0 Å². The minimum absolute atomic E-state index is 0.0590. The lowest BCUT2D eigenvalue weighted by atomic mass is 10.2. The average molecular weight is 376 g/mol. The Balaban J connectivity index is 1.40. The molecule has 0 bridgehead atoms. The third-order valence-electron chi connectivity index (χ3n) is 3.44. The first-order valence-electron chi connectivity index (χ1n) is 7.84. The van der Waals surface area contributed by atoms with E-state index in [9.17, 15) is 4.79 Å². The van der Waals surface area contributed by atoms with Gasteiger partial charge in [0.1, 0.15) is 12.4 Å². The summed E-state index contributed by atoms with van der Waals surface area (Å²) in [5, 5.41) is 4.18. The summed E-state index contributed by atoms with van der Waals surface area (Å²) in [4.78, 5) is 19.5. The zero-order valence-electron chi connectivity index (χ0n) is 13.7. The molecule has 1 heterocycles. The Morgan fingerprint density at radius 3 is 3.04 bits per heavy atom. The Kier molecular flexibility index (Phi) is 5.83. The molecule has 0 aliphatic rings. The lowest BCUT2D eigenvalue weighted by Crippen LogP contribution is -2.29. The van der Waals surface area contributed by atoms with Gasteiger partial charge < -0.3 is 15.0 Å². The highest BCUT2D eigenvalue weighted by Gasteiger charge is 2.07. The molecule has 1 aromatic heterocycles. The molecule has 25 heavy (non-hydrogen) atoms. The first-order chi connectivity index (χ1) is 12.1. The number of fused-ring (bicyclic) bond motifs is 1. The van der Waals surface area contributed by atoms with E-state index in [1.807, 2.05) is 43.3 Å². The number of nitrogens with one attached hydrogen (secondary N) is 2. The van der Waals surface area contributed by atoms with Crippen LogP contribution in [-0.4, -0.2) is 34.8 Å². The summed E-state index contributed by atoms with van der Waals surface area (Å²) in [6.07, 6.45) is 0. The summed E-state index contributed by atoms with van der Waals surface area (Å²) in [6, 6.07) is 13.3. The van der Waals surface area contributed by atoms with E-state index in [0.717, 1.165) is 22.3 Å². The third-order valence-corrected chi connectivity index (χ3v) is 4.55. The number of amides is 1. The molecule has 2 N–H and O–H groups in total. The first-order valence-corrected chi connectivity index (χ1v) is 9.21. The van der Waals surface area contributed by atoms with Crippen LogP contribution >= 0.6 is 23.4 Å². The number of carbonyl (C=O) groups excluding carboxylic acids is 1. The molecule has 3 aromatic rings. The second kappa shape index (κ2) is 8.27. The van der Waals surface area contributed by atoms with Gasteiger partial charge in [-0.1, -0.05) is 35.5 Å². The number of aromatic amines is 1. The number of imidazole rings is 1. The van der Waals surface area contributed by atoms with Crippen LogP contribution in [0, 0.1) is 6.92 Å². The monoisotopic (exact) mass is 375 g/mol. The van der Waals surface area contributed by atoms with Crippen LogP contribution < -0.4 is 10.1 Å². The van der Waals surface area contributed by atoms with Crippen LogP contribution in [0.4, 0.5) is 0 Å². The van der Waals surface area contributed by atoms with E-state index >= 15 is 0 Å². The van der Waals surface area contributed by atoms with Crippen molar-refractivity contribution in [2.75, 3.05) is 18.9 Å². The van der Waals surface area contributed by atoms with Crippen LogP contribution in [0.3, 0.4) is 0 Å². The minimum Gasteiger partial charge on any atom is -0.492 e. The van der Waals surface area contributed by atoms with Gasteiger partial charge in [0.15, 0.2) is 5.16 Å². The molecule has 0 saturated heterocycles. The fraction of sp³-hybridized carbons (Fsp3) is 0.222. The number of aromatic nitrogens is 2. The van der Waals surface area contributed by atoms with Gasteiger partial charge in [0.2, 0.25) is 5.91 Å². The van der Waals surface area contributed by atoms with E-state index in [-0.39, 0.29) is 11.7 Å². The molecule has 0 aliphatic heterocycles. The van der Waals surface area contributed by atoms with Crippen LogP contribution in [0.25, 0.3) is 11.0 Å². The molecule has 0 fully saturated rings. The Morgan fingerprint density at radius 1 is 1.32 bits per heavy atom. The molecular weight excluding hydrogens is 358 g/mol. The molecule has 0 saturated carbocycles. The van der Waals surface area contributed by atoms with Crippen molar-refractivity contribution in [2.45, 2.75) is 12.1 Å². The number of carbonyl (C=O) groups is 1. The topological polar surface area (TPSA) is 67.0 Å². The smallest absolute Gasteiger partial charge is 0.230 e. The zero-order valence-corrected chi connectivity index (χ0v) is 15.3. The molecule has 0 aliphatic carbocycles. The van der Waals surface area contributed by atoms with Gasteiger partial charge in [0, 0.05) is 5.02 Å². The molecule has 5 nitrogen and oxygen atoms in total. The summed E-state index contributed by atoms with van der Waals surface area (Å²) < 4.78 is 5.60. The van der Waals surface area contributed by atoms with E-state index < -0.39 is 0 Å². The Morgan fingerprint density at radius 2 is 2.20 bits per heavy atom. The van der Waals surface area contributed by atoms with E-state index in [1.54, 1.807) is 6.07 Å². The molecular formula is C18H18ClN3O2S. The van der Waals surface area contributed by atoms with E-state index in [1.165, 1.54) is 11.8 Å². The predicted molar refractivity (Wildman–Crippen MR) is 102 cm³/mol. The SMILES string of the molecule is Cc1cccc(OCCNC(=O)CSc2nc3ccc(Cl)cc3[nH]2)c1. The third kappa shape index (κ3) is 5.14. The number of thioether (sulfide) groups is 1. The van der Waals surface area contributed by atoms with Crippen molar-refractivity contribution in [2.24, 2.45) is 0 Å². The van der Waals surface area contributed by atoms with Gasteiger partial charge in [-0.3, -0.25) is 4.79 Å². The molecule has 3 rings (SSSR count). The van der Waals surface area contributed by atoms with Crippen LogP contribution in [0.1, 0.15) is 5.56 Å². The predicted octanol–water partition coefficient (Wildman–Crippen LogP) is 3.81. The molecule has 0 spiro atoms. The number of hydrogen-bond donors (Lipinski definition) is 2. The number of H-pyrrole nitrogens is 1. The van der Waals surface area contributed by atoms with Crippen molar-refractivity contribution in [1.82, 2.24) is 15.3 Å². The minimum atomic E-state index is -0.0590. The van der Waals surface area contributed by atoms with Crippen LogP contribution in [0.15, 0.2) is 47.6 Å². The lowest BCUT2D eigenvalue weighted by Gasteiger charge is -2.08. The lowest BCUT2D eigenvalue weighted by molar-refractivity contribution is -0.118. The van der Waals surface area contributed by atoms with Crippen molar-refractivity contribution >= 4 is 40.3 Å². The van der Waals surface area contributed by atoms with Crippen molar-refractivity contribution in [3.63, 3.8) is 0 Å². The quantitative estimate of drug-likeness (QED) is 0.486. The number of rotatable bonds is 7. The van der Waals surface area contributed by atoms with Crippen LogP contribution in [0.5, 0.6) is 5.75 Å². The summed E-state index contributed by atoms with van der Waals surface area (Å²) >= 11 is 7.30. The van der Waals surface area contributed by atoms with Crippen molar-refractivity contribution in [3.05, 3.63) is 53.1 Å². The molecule has 0 radical (unpaired) electrons. The highest BCUT2D eigenvalue weighted by atomic mass is 35.5. The van der Waals surface area contributed by atoms with Gasteiger partial charge in [0.25, 0.3) is 0 Å². The van der Waals surface area contributed by atoms with Crippen molar-refractivity contribution in [3.8, 4) is 5.75 Å². The maximum absolute atomic E-state index is 11.9. The number of nitrogens with zero attached hydrogens (tertiary/aromatic N) is 1. The Labute approximate surface area is 155 Å². The summed E-state index contributed by atoms with van der Waals surface area (Å²) in [6.45, 7) is 2.91. The summed E-state index contributed by atoms with van der Waals surface area (Å²) in [5.41, 5.74) is 2.84. The molecule has 0 atom stereocenters. The summed E-state index contributed by atoms with van der Waals surface area (Å²) in [5.74, 6) is 1.04. The van der Waals surface area contributed by atoms with Crippen LogP contribution in [0.2, 0.25) is 5.02 Å². The second-order valence-corrected chi connectivity index (χ2v) is 6.91. The van der Waals surface area contributed by atoms with E-state index in [0.29, 0.717) is 23.3 Å². The van der Waals surface area contributed by atoms with Gasteiger partial charge in [-0.05, 0) is 42.8 Å². The normalized spacial score (nSPS) is 10.8. The molecule has 130 valence electrons. The van der Waals surface area contributed by atoms with Crippen molar-refractivity contribution in [1.29, 1.82) is 0 Å². The summed E-state index contributed by atoms with van der Waals surface area (Å²) in [7, 11) is 0. The van der Waals surface area contributed by atoms with Crippen molar-refractivity contribution < 1.29 is 9.53 Å².